The van der Waals surface area contributed by atoms with Crippen LogP contribution in [0.3, 0.4) is 0 Å². The fourth-order valence-corrected chi connectivity index (χ4v) is 2.05. The molecule has 21 heavy (non-hydrogen) atoms. The number of ether oxygens (including phenoxy) is 1. The zero-order valence-corrected chi connectivity index (χ0v) is 12.5. The van der Waals surface area contributed by atoms with Gasteiger partial charge in [0.1, 0.15) is 5.75 Å². The van der Waals surface area contributed by atoms with Crippen molar-refractivity contribution in [3.63, 3.8) is 0 Å². The molecule has 0 radical (unpaired) electrons. The maximum absolute atomic E-state index is 11.9. The SMILES string of the molecule is CNCc1cccc(NC(=O)COc2cccc(Cl)c2)c1. The molecule has 0 spiro atoms. The van der Waals surface area contributed by atoms with E-state index in [9.17, 15) is 4.79 Å². The Morgan fingerprint density at radius 2 is 2.00 bits per heavy atom. The van der Waals surface area contributed by atoms with Crippen LogP contribution in [0.15, 0.2) is 48.5 Å². The van der Waals surface area contributed by atoms with Crippen LogP contribution < -0.4 is 15.4 Å². The van der Waals surface area contributed by atoms with Gasteiger partial charge in [0, 0.05) is 17.3 Å². The second-order valence-electron chi connectivity index (χ2n) is 4.52. The lowest BCUT2D eigenvalue weighted by molar-refractivity contribution is -0.118. The summed E-state index contributed by atoms with van der Waals surface area (Å²) in [5.74, 6) is 0.359. The molecule has 2 N–H and O–H groups in total. The van der Waals surface area contributed by atoms with Gasteiger partial charge in [0.2, 0.25) is 0 Å². The summed E-state index contributed by atoms with van der Waals surface area (Å²) in [5, 5.41) is 6.44. The van der Waals surface area contributed by atoms with E-state index < -0.39 is 0 Å². The minimum Gasteiger partial charge on any atom is -0.484 e. The highest BCUT2D eigenvalue weighted by Crippen LogP contribution is 2.17. The number of rotatable bonds is 6. The molecule has 0 saturated heterocycles. The molecule has 0 bridgehead atoms. The Balaban J connectivity index is 1.88. The van der Waals surface area contributed by atoms with Crippen LogP contribution >= 0.6 is 11.6 Å². The van der Waals surface area contributed by atoms with Gasteiger partial charge in [-0.15, -0.1) is 0 Å². The predicted octanol–water partition coefficient (Wildman–Crippen LogP) is 3.08. The van der Waals surface area contributed by atoms with Gasteiger partial charge in [-0.3, -0.25) is 4.79 Å². The molecule has 2 rings (SSSR count). The first-order chi connectivity index (χ1) is 10.2. The van der Waals surface area contributed by atoms with E-state index in [0.29, 0.717) is 10.8 Å². The molecule has 0 saturated carbocycles. The van der Waals surface area contributed by atoms with Gasteiger partial charge in [-0.2, -0.15) is 0 Å². The van der Waals surface area contributed by atoms with Crippen LogP contribution in [-0.4, -0.2) is 19.6 Å². The molecule has 2 aromatic carbocycles. The molecule has 0 aliphatic rings. The van der Waals surface area contributed by atoms with Gasteiger partial charge in [-0.05, 0) is 42.9 Å². The maximum atomic E-state index is 11.9. The van der Waals surface area contributed by atoms with Gasteiger partial charge >= 0.3 is 0 Å². The van der Waals surface area contributed by atoms with E-state index in [1.54, 1.807) is 24.3 Å². The van der Waals surface area contributed by atoms with Gasteiger partial charge in [0.05, 0.1) is 0 Å². The van der Waals surface area contributed by atoms with Crippen LogP contribution in [0.1, 0.15) is 5.56 Å². The van der Waals surface area contributed by atoms with E-state index in [1.807, 2.05) is 31.3 Å². The Hall–Kier alpha value is -2.04. The number of amides is 1. The highest BCUT2D eigenvalue weighted by Gasteiger charge is 2.04. The zero-order chi connectivity index (χ0) is 15.1. The van der Waals surface area contributed by atoms with Crippen LogP contribution in [0, 0.1) is 0 Å². The highest BCUT2D eigenvalue weighted by molar-refractivity contribution is 6.30. The Morgan fingerprint density at radius 3 is 2.76 bits per heavy atom. The van der Waals surface area contributed by atoms with Gasteiger partial charge in [0.15, 0.2) is 6.61 Å². The lowest BCUT2D eigenvalue weighted by Gasteiger charge is -2.09. The summed E-state index contributed by atoms with van der Waals surface area (Å²) in [4.78, 5) is 11.9. The van der Waals surface area contributed by atoms with Crippen LogP contribution in [0.2, 0.25) is 5.02 Å². The maximum Gasteiger partial charge on any atom is 0.262 e. The first-order valence-electron chi connectivity index (χ1n) is 6.59. The van der Waals surface area contributed by atoms with E-state index in [1.165, 1.54) is 0 Å². The number of nitrogens with one attached hydrogen (secondary N) is 2. The number of halogens is 1. The first-order valence-corrected chi connectivity index (χ1v) is 6.97. The second kappa shape index (κ2) is 7.67. The fourth-order valence-electron chi connectivity index (χ4n) is 1.87. The van der Waals surface area contributed by atoms with Crippen LogP contribution in [0.5, 0.6) is 5.75 Å². The normalized spacial score (nSPS) is 10.2. The summed E-state index contributed by atoms with van der Waals surface area (Å²) in [6, 6.07) is 14.6. The average Bonchev–Trinajstić information content (AvgIpc) is 2.46. The number of anilines is 1. The Labute approximate surface area is 129 Å². The quantitative estimate of drug-likeness (QED) is 0.862. The standard InChI is InChI=1S/C16H17ClN2O2/c1-18-10-12-4-2-6-14(8-12)19-16(20)11-21-15-7-3-5-13(17)9-15/h2-9,18H,10-11H2,1H3,(H,19,20). The molecule has 4 nitrogen and oxygen atoms in total. The van der Waals surface area contributed by atoms with Crippen molar-refractivity contribution in [3.05, 3.63) is 59.1 Å². The summed E-state index contributed by atoms with van der Waals surface area (Å²) in [7, 11) is 1.88. The molecule has 0 aliphatic carbocycles. The first kappa shape index (κ1) is 15.4. The number of carbonyl (C=O) groups excluding carboxylic acids is 1. The highest BCUT2D eigenvalue weighted by atomic mass is 35.5. The Bertz CT molecular complexity index is 617. The topological polar surface area (TPSA) is 50.4 Å². The Morgan fingerprint density at radius 1 is 1.19 bits per heavy atom. The van der Waals surface area contributed by atoms with E-state index in [-0.39, 0.29) is 12.5 Å². The van der Waals surface area contributed by atoms with Crippen molar-refractivity contribution < 1.29 is 9.53 Å². The van der Waals surface area contributed by atoms with Gasteiger partial charge in [-0.25, -0.2) is 0 Å². The van der Waals surface area contributed by atoms with Crippen LogP contribution in [0.4, 0.5) is 5.69 Å². The van der Waals surface area contributed by atoms with Gasteiger partial charge in [-0.1, -0.05) is 29.8 Å². The molecule has 2 aromatic rings. The summed E-state index contributed by atoms with van der Waals surface area (Å²) < 4.78 is 5.39. The van der Waals surface area contributed by atoms with Crippen molar-refractivity contribution in [3.8, 4) is 5.75 Å². The molecular weight excluding hydrogens is 288 g/mol. The largest absolute Gasteiger partial charge is 0.484 e. The molecule has 0 unspecified atom stereocenters. The van der Waals surface area contributed by atoms with Crippen molar-refractivity contribution in [2.24, 2.45) is 0 Å². The van der Waals surface area contributed by atoms with E-state index in [0.717, 1.165) is 17.8 Å². The van der Waals surface area contributed by atoms with Crippen molar-refractivity contribution in [1.82, 2.24) is 5.32 Å². The summed E-state index contributed by atoms with van der Waals surface area (Å²) >= 11 is 5.85. The number of benzene rings is 2. The predicted molar refractivity (Wildman–Crippen MR) is 84.8 cm³/mol. The zero-order valence-electron chi connectivity index (χ0n) is 11.7. The minimum absolute atomic E-state index is 0.0589. The summed E-state index contributed by atoms with van der Waals surface area (Å²) in [5.41, 5.74) is 1.86. The smallest absolute Gasteiger partial charge is 0.262 e. The fraction of sp³-hybridized carbons (Fsp3) is 0.188. The molecule has 0 aliphatic heterocycles. The van der Waals surface area contributed by atoms with Crippen molar-refractivity contribution in [1.29, 1.82) is 0 Å². The molecule has 5 heteroatoms. The summed E-state index contributed by atoms with van der Waals surface area (Å²) in [6.07, 6.45) is 0. The van der Waals surface area contributed by atoms with Gasteiger partial charge < -0.3 is 15.4 Å². The Kier molecular flexibility index (Phi) is 5.60. The van der Waals surface area contributed by atoms with Gasteiger partial charge in [0.25, 0.3) is 5.91 Å². The number of hydrogen-bond donors (Lipinski definition) is 2. The average molecular weight is 305 g/mol. The van der Waals surface area contributed by atoms with E-state index in [4.69, 9.17) is 16.3 Å². The van der Waals surface area contributed by atoms with Crippen molar-refractivity contribution in [2.45, 2.75) is 6.54 Å². The third-order valence-electron chi connectivity index (χ3n) is 2.76. The van der Waals surface area contributed by atoms with Crippen LogP contribution in [-0.2, 0) is 11.3 Å². The molecule has 0 heterocycles. The number of hydrogen-bond acceptors (Lipinski definition) is 3. The molecule has 0 aromatic heterocycles. The third kappa shape index (κ3) is 5.10. The lowest BCUT2D eigenvalue weighted by atomic mass is 10.2. The van der Waals surface area contributed by atoms with E-state index >= 15 is 0 Å². The molecular formula is C16H17ClN2O2. The number of carbonyl (C=O) groups is 1. The van der Waals surface area contributed by atoms with Crippen molar-refractivity contribution in [2.75, 3.05) is 19.0 Å². The summed E-state index contributed by atoms with van der Waals surface area (Å²) in [6.45, 7) is 0.694. The van der Waals surface area contributed by atoms with E-state index in [2.05, 4.69) is 10.6 Å². The molecule has 110 valence electrons. The minimum atomic E-state index is -0.211. The molecule has 1 amide bonds. The third-order valence-corrected chi connectivity index (χ3v) is 2.99. The second-order valence-corrected chi connectivity index (χ2v) is 4.96. The molecule has 0 fully saturated rings. The monoisotopic (exact) mass is 304 g/mol. The van der Waals surface area contributed by atoms with Crippen molar-refractivity contribution >= 4 is 23.2 Å². The lowest BCUT2D eigenvalue weighted by Crippen LogP contribution is -2.20. The van der Waals surface area contributed by atoms with Crippen LogP contribution in [0.25, 0.3) is 0 Å². The molecule has 0 atom stereocenters.